The van der Waals surface area contributed by atoms with Crippen LogP contribution in [0.2, 0.25) is 0 Å². The third kappa shape index (κ3) is 8.86. The Hall–Kier alpha value is -1.52. The van der Waals surface area contributed by atoms with Gasteiger partial charge in [-0.15, -0.1) is 35.7 Å². The smallest absolute Gasteiger partial charge is 0.191 e. The van der Waals surface area contributed by atoms with Crippen molar-refractivity contribution in [3.05, 3.63) is 54.2 Å². The number of halogens is 1. The fourth-order valence-corrected chi connectivity index (χ4v) is 4.24. The van der Waals surface area contributed by atoms with Crippen LogP contribution in [-0.2, 0) is 6.54 Å². The summed E-state index contributed by atoms with van der Waals surface area (Å²) in [6.45, 7) is 10.9. The second-order valence-electron chi connectivity index (χ2n) is 7.63. The third-order valence-electron chi connectivity index (χ3n) is 5.04. The van der Waals surface area contributed by atoms with E-state index in [1.54, 1.807) is 0 Å². The van der Waals surface area contributed by atoms with Gasteiger partial charge in [0.15, 0.2) is 5.96 Å². The van der Waals surface area contributed by atoms with Gasteiger partial charge in [0.2, 0.25) is 0 Å². The molecule has 1 fully saturated rings. The molecule has 2 N–H and O–H groups in total. The minimum Gasteiger partial charge on any atom is -0.357 e. The number of hydrogen-bond acceptors (Lipinski definition) is 5. The molecule has 1 aromatic heterocycles. The van der Waals surface area contributed by atoms with Gasteiger partial charge in [-0.25, -0.2) is 9.98 Å². The van der Waals surface area contributed by atoms with E-state index in [2.05, 4.69) is 88.8 Å². The van der Waals surface area contributed by atoms with Crippen LogP contribution in [0.15, 0.2) is 58.5 Å². The number of nitrogens with zero attached hydrogens (tertiary/aromatic N) is 4. The molecule has 31 heavy (non-hydrogen) atoms. The highest BCUT2D eigenvalue weighted by Gasteiger charge is 2.15. The molecule has 0 spiro atoms. The molecule has 170 valence electrons. The van der Waals surface area contributed by atoms with Gasteiger partial charge in [0.05, 0.1) is 6.54 Å². The zero-order valence-corrected chi connectivity index (χ0v) is 21.9. The van der Waals surface area contributed by atoms with Gasteiger partial charge in [-0.2, -0.15) is 0 Å². The maximum absolute atomic E-state index is 4.79. The molecular formula is C23H35IN6S. The number of aliphatic imine (C=N–C) groups is 1. The Morgan fingerprint density at radius 3 is 2.58 bits per heavy atom. The van der Waals surface area contributed by atoms with Crippen molar-refractivity contribution in [1.82, 2.24) is 20.5 Å². The highest BCUT2D eigenvalue weighted by molar-refractivity contribution is 14.0. The fourth-order valence-electron chi connectivity index (χ4n) is 3.29. The molecule has 2 aromatic rings. The first-order chi connectivity index (χ1) is 14.6. The van der Waals surface area contributed by atoms with Crippen molar-refractivity contribution in [1.29, 1.82) is 0 Å². The number of pyridine rings is 1. The monoisotopic (exact) mass is 554 g/mol. The van der Waals surface area contributed by atoms with Crippen molar-refractivity contribution in [2.45, 2.75) is 30.5 Å². The lowest BCUT2D eigenvalue weighted by atomic mass is 10.2. The molecule has 0 aliphatic carbocycles. The number of rotatable bonds is 8. The topological polar surface area (TPSA) is 55.8 Å². The molecular weight excluding hydrogens is 519 g/mol. The third-order valence-corrected chi connectivity index (χ3v) is 6.15. The average molecular weight is 555 g/mol. The number of nitrogens with one attached hydrogen (secondary N) is 2. The predicted octanol–water partition coefficient (Wildman–Crippen LogP) is 3.69. The summed E-state index contributed by atoms with van der Waals surface area (Å²) in [5.41, 5.74) is 1.18. The number of guanidine groups is 1. The summed E-state index contributed by atoms with van der Waals surface area (Å²) >= 11 is 1.87. The van der Waals surface area contributed by atoms with E-state index in [1.165, 1.54) is 10.5 Å². The van der Waals surface area contributed by atoms with Crippen LogP contribution in [0.25, 0.3) is 0 Å². The van der Waals surface area contributed by atoms with Crippen LogP contribution < -0.4 is 15.5 Å². The first-order valence-corrected chi connectivity index (χ1v) is 11.6. The molecule has 0 saturated carbocycles. The van der Waals surface area contributed by atoms with E-state index < -0.39 is 0 Å². The van der Waals surface area contributed by atoms with Crippen molar-refractivity contribution in [2.75, 3.05) is 51.2 Å². The number of anilines is 1. The summed E-state index contributed by atoms with van der Waals surface area (Å²) in [5.74, 6) is 1.91. The van der Waals surface area contributed by atoms with E-state index >= 15 is 0 Å². The molecule has 0 bridgehead atoms. The van der Waals surface area contributed by atoms with Gasteiger partial charge >= 0.3 is 0 Å². The van der Waals surface area contributed by atoms with Crippen molar-refractivity contribution >= 4 is 47.5 Å². The molecule has 3 rings (SSSR count). The summed E-state index contributed by atoms with van der Waals surface area (Å²) in [6, 6.07) is 14.8. The summed E-state index contributed by atoms with van der Waals surface area (Å²) in [7, 11) is 2.17. The largest absolute Gasteiger partial charge is 0.357 e. The van der Waals surface area contributed by atoms with E-state index in [4.69, 9.17) is 4.99 Å². The minimum absolute atomic E-state index is 0. The molecule has 1 aromatic carbocycles. The Morgan fingerprint density at radius 2 is 1.87 bits per heavy atom. The second-order valence-corrected chi connectivity index (χ2v) is 9.14. The number of likely N-dealkylation sites (N-methyl/N-ethyl adjacent to an activating group) is 1. The highest BCUT2D eigenvalue weighted by atomic mass is 127. The molecule has 1 aliphatic heterocycles. The maximum atomic E-state index is 4.79. The normalized spacial score (nSPS) is 15.8. The Balaban J connectivity index is 0.00000341. The summed E-state index contributed by atoms with van der Waals surface area (Å²) in [4.78, 5) is 15.4. The zero-order valence-electron chi connectivity index (χ0n) is 18.8. The van der Waals surface area contributed by atoms with Crippen LogP contribution in [0.1, 0.15) is 19.4 Å². The Kier molecular flexibility index (Phi) is 11.5. The SMILES string of the molecule is CCNC(=NCc1ccnc(N2CCN(C)CC2)c1)NCC(C)Sc1ccccc1.I. The van der Waals surface area contributed by atoms with Crippen molar-refractivity contribution in [2.24, 2.45) is 4.99 Å². The number of hydrogen-bond donors (Lipinski definition) is 2. The first kappa shape index (κ1) is 25.7. The molecule has 2 heterocycles. The average Bonchev–Trinajstić information content (AvgIpc) is 2.77. The van der Waals surface area contributed by atoms with Crippen LogP contribution in [0.3, 0.4) is 0 Å². The van der Waals surface area contributed by atoms with E-state index in [0.29, 0.717) is 11.8 Å². The Labute approximate surface area is 208 Å². The van der Waals surface area contributed by atoms with E-state index in [-0.39, 0.29) is 24.0 Å². The summed E-state index contributed by atoms with van der Waals surface area (Å²) < 4.78 is 0. The lowest BCUT2D eigenvalue weighted by molar-refractivity contribution is 0.312. The fraction of sp³-hybridized carbons (Fsp3) is 0.478. The lowest BCUT2D eigenvalue weighted by Gasteiger charge is -2.33. The zero-order chi connectivity index (χ0) is 21.2. The lowest BCUT2D eigenvalue weighted by Crippen LogP contribution is -2.44. The number of benzene rings is 1. The van der Waals surface area contributed by atoms with Gasteiger partial charge in [-0.05, 0) is 43.8 Å². The van der Waals surface area contributed by atoms with Crippen LogP contribution in [0.5, 0.6) is 0 Å². The predicted molar refractivity (Wildman–Crippen MR) is 144 cm³/mol. The van der Waals surface area contributed by atoms with E-state index in [1.807, 2.05) is 18.0 Å². The highest BCUT2D eigenvalue weighted by Crippen LogP contribution is 2.22. The molecule has 0 radical (unpaired) electrons. The molecule has 1 unspecified atom stereocenters. The van der Waals surface area contributed by atoms with Gasteiger partial charge in [-0.3, -0.25) is 0 Å². The summed E-state index contributed by atoms with van der Waals surface area (Å²) in [6.07, 6.45) is 1.90. The van der Waals surface area contributed by atoms with Crippen molar-refractivity contribution in [3.63, 3.8) is 0 Å². The van der Waals surface area contributed by atoms with Crippen LogP contribution in [0.4, 0.5) is 5.82 Å². The van der Waals surface area contributed by atoms with Crippen molar-refractivity contribution < 1.29 is 0 Å². The van der Waals surface area contributed by atoms with Gasteiger partial charge in [-0.1, -0.05) is 25.1 Å². The second kappa shape index (κ2) is 13.8. The molecule has 8 heteroatoms. The molecule has 1 aliphatic rings. The number of piperazine rings is 1. The van der Waals surface area contributed by atoms with Crippen LogP contribution in [-0.4, -0.2) is 67.4 Å². The van der Waals surface area contributed by atoms with Gasteiger partial charge in [0.1, 0.15) is 5.82 Å². The van der Waals surface area contributed by atoms with Gasteiger partial charge in [0, 0.05) is 55.6 Å². The first-order valence-electron chi connectivity index (χ1n) is 10.8. The molecule has 6 nitrogen and oxygen atoms in total. The molecule has 1 atom stereocenters. The Morgan fingerprint density at radius 1 is 1.13 bits per heavy atom. The van der Waals surface area contributed by atoms with Crippen LogP contribution >= 0.6 is 35.7 Å². The van der Waals surface area contributed by atoms with E-state index in [9.17, 15) is 0 Å². The minimum atomic E-state index is 0. The maximum Gasteiger partial charge on any atom is 0.191 e. The number of aromatic nitrogens is 1. The van der Waals surface area contributed by atoms with Gasteiger partial charge < -0.3 is 20.4 Å². The number of thioether (sulfide) groups is 1. The Bertz CT molecular complexity index is 796. The van der Waals surface area contributed by atoms with Gasteiger partial charge in [0.25, 0.3) is 0 Å². The standard InChI is InChI=1S/C23H34N6S.HI/c1-4-24-23(26-17-19(2)30-21-8-6-5-7-9-21)27-18-20-10-11-25-22(16-20)29-14-12-28(3)13-15-29;/h5-11,16,19H,4,12-15,17-18H2,1-3H3,(H2,24,26,27);1H. The van der Waals surface area contributed by atoms with E-state index in [0.717, 1.165) is 51.0 Å². The molecule has 1 saturated heterocycles. The molecule has 0 amide bonds. The summed E-state index contributed by atoms with van der Waals surface area (Å²) in [5, 5.41) is 7.28. The van der Waals surface area contributed by atoms with Crippen LogP contribution in [0, 0.1) is 0 Å². The van der Waals surface area contributed by atoms with Crippen molar-refractivity contribution in [3.8, 4) is 0 Å². The quantitative estimate of drug-likeness (QED) is 0.225.